The minimum absolute atomic E-state index is 0.828. The highest BCUT2D eigenvalue weighted by Gasteiger charge is 2.03. The molecule has 1 aromatic carbocycles. The van der Waals surface area contributed by atoms with Crippen LogP contribution in [0.1, 0.15) is 44.7 Å². The van der Waals surface area contributed by atoms with Crippen LogP contribution in [0.3, 0.4) is 0 Å². The normalized spacial score (nSPS) is 11.0. The van der Waals surface area contributed by atoms with Gasteiger partial charge in [0.05, 0.1) is 0 Å². The Morgan fingerprint density at radius 2 is 1.62 bits per heavy atom. The lowest BCUT2D eigenvalue weighted by atomic mass is 10.0. The molecule has 0 aliphatic rings. The van der Waals surface area contributed by atoms with Gasteiger partial charge in [-0.3, -0.25) is 0 Å². The quantitative estimate of drug-likeness (QED) is 0.736. The summed E-state index contributed by atoms with van der Waals surface area (Å²) in [5.41, 5.74) is 2.93. The molecule has 0 heterocycles. The van der Waals surface area contributed by atoms with E-state index in [1.165, 1.54) is 24.0 Å². The van der Waals surface area contributed by atoms with Crippen LogP contribution in [0.5, 0.6) is 0 Å². The molecule has 1 aromatic rings. The van der Waals surface area contributed by atoms with Gasteiger partial charge in [-0.25, -0.2) is 0 Å². The molecule has 1 heteroatoms. The maximum atomic E-state index is 3.58. The first-order valence-electron chi connectivity index (χ1n) is 6.59. The number of benzene rings is 1. The van der Waals surface area contributed by atoms with E-state index in [1.54, 1.807) is 0 Å². The number of nitrogens with one attached hydrogen (secondary N) is 1. The predicted octanol–water partition coefficient (Wildman–Crippen LogP) is 3.77. The molecule has 1 rings (SSSR count). The van der Waals surface area contributed by atoms with Crippen molar-refractivity contribution in [2.24, 2.45) is 5.92 Å². The zero-order valence-corrected chi connectivity index (χ0v) is 10.9. The molecular weight excluding hydrogens is 194 g/mol. The number of aryl methyl sites for hydroxylation is 1. The lowest BCUT2D eigenvalue weighted by molar-refractivity contribution is 0.449. The summed E-state index contributed by atoms with van der Waals surface area (Å²) in [4.78, 5) is 0. The summed E-state index contributed by atoms with van der Waals surface area (Å²) in [5.74, 6) is 0.828. The molecule has 16 heavy (non-hydrogen) atoms. The van der Waals surface area contributed by atoms with E-state index in [0.29, 0.717) is 0 Å². The van der Waals surface area contributed by atoms with Gasteiger partial charge in [-0.05, 0) is 30.0 Å². The molecule has 0 aliphatic heterocycles. The van der Waals surface area contributed by atoms with Gasteiger partial charge in [0.15, 0.2) is 0 Å². The maximum Gasteiger partial charge on any atom is 0.0208 e. The Labute approximate surface area is 100 Å². The maximum absolute atomic E-state index is 3.58. The first kappa shape index (κ1) is 13.2. The third kappa shape index (κ3) is 3.97. The SMILES string of the molecule is CCc1ccccc1CNCC(CC)CC. The van der Waals surface area contributed by atoms with E-state index in [0.717, 1.165) is 25.4 Å². The van der Waals surface area contributed by atoms with E-state index >= 15 is 0 Å². The Balaban J connectivity index is 2.42. The minimum Gasteiger partial charge on any atom is -0.312 e. The molecule has 0 aliphatic carbocycles. The Bertz CT molecular complexity index is 289. The van der Waals surface area contributed by atoms with Gasteiger partial charge in [-0.1, -0.05) is 57.9 Å². The molecule has 0 unspecified atom stereocenters. The first-order chi connectivity index (χ1) is 7.81. The number of hydrogen-bond acceptors (Lipinski definition) is 1. The molecule has 0 saturated carbocycles. The summed E-state index contributed by atoms with van der Waals surface area (Å²) in [5, 5.41) is 3.58. The van der Waals surface area contributed by atoms with Crippen molar-refractivity contribution in [3.8, 4) is 0 Å². The van der Waals surface area contributed by atoms with Crippen LogP contribution in [0.25, 0.3) is 0 Å². The number of rotatable bonds is 7. The largest absolute Gasteiger partial charge is 0.312 e. The minimum atomic E-state index is 0.828. The standard InChI is InChI=1S/C15H25N/c1-4-13(5-2)11-16-12-15-10-8-7-9-14(15)6-3/h7-10,13,16H,4-6,11-12H2,1-3H3. The van der Waals surface area contributed by atoms with Gasteiger partial charge in [0, 0.05) is 6.54 Å². The fraction of sp³-hybridized carbons (Fsp3) is 0.600. The molecule has 0 atom stereocenters. The Morgan fingerprint density at radius 3 is 2.19 bits per heavy atom. The molecule has 0 spiro atoms. The van der Waals surface area contributed by atoms with Crippen LogP contribution in [0.15, 0.2) is 24.3 Å². The van der Waals surface area contributed by atoms with Crippen LogP contribution in [0.2, 0.25) is 0 Å². The summed E-state index contributed by atoms with van der Waals surface area (Å²) in [6.45, 7) is 8.93. The second kappa shape index (κ2) is 7.45. The molecule has 0 saturated heterocycles. The summed E-state index contributed by atoms with van der Waals surface area (Å²) in [6, 6.07) is 8.73. The summed E-state index contributed by atoms with van der Waals surface area (Å²) in [6.07, 6.45) is 3.68. The second-order valence-electron chi connectivity index (χ2n) is 4.44. The van der Waals surface area contributed by atoms with E-state index in [1.807, 2.05) is 0 Å². The fourth-order valence-electron chi connectivity index (χ4n) is 2.06. The molecule has 1 N–H and O–H groups in total. The van der Waals surface area contributed by atoms with Crippen LogP contribution in [0.4, 0.5) is 0 Å². The van der Waals surface area contributed by atoms with Crippen LogP contribution in [-0.4, -0.2) is 6.54 Å². The van der Waals surface area contributed by atoms with Gasteiger partial charge < -0.3 is 5.32 Å². The fourth-order valence-corrected chi connectivity index (χ4v) is 2.06. The zero-order valence-electron chi connectivity index (χ0n) is 10.9. The van der Waals surface area contributed by atoms with Gasteiger partial charge in [0.25, 0.3) is 0 Å². The van der Waals surface area contributed by atoms with E-state index in [2.05, 4.69) is 50.4 Å². The smallest absolute Gasteiger partial charge is 0.0208 e. The predicted molar refractivity (Wildman–Crippen MR) is 71.6 cm³/mol. The summed E-state index contributed by atoms with van der Waals surface area (Å²) in [7, 11) is 0. The van der Waals surface area contributed by atoms with Gasteiger partial charge in [0.1, 0.15) is 0 Å². The third-order valence-corrected chi connectivity index (χ3v) is 3.40. The van der Waals surface area contributed by atoms with Crippen molar-refractivity contribution in [2.75, 3.05) is 6.54 Å². The Hall–Kier alpha value is -0.820. The van der Waals surface area contributed by atoms with Gasteiger partial charge in [-0.2, -0.15) is 0 Å². The van der Waals surface area contributed by atoms with Crippen molar-refractivity contribution in [1.29, 1.82) is 0 Å². The van der Waals surface area contributed by atoms with Crippen molar-refractivity contribution >= 4 is 0 Å². The zero-order chi connectivity index (χ0) is 11.8. The van der Waals surface area contributed by atoms with Gasteiger partial charge in [-0.15, -0.1) is 0 Å². The molecule has 0 radical (unpaired) electrons. The monoisotopic (exact) mass is 219 g/mol. The lowest BCUT2D eigenvalue weighted by Crippen LogP contribution is -2.22. The van der Waals surface area contributed by atoms with Gasteiger partial charge >= 0.3 is 0 Å². The van der Waals surface area contributed by atoms with E-state index in [9.17, 15) is 0 Å². The molecule has 0 fully saturated rings. The van der Waals surface area contributed by atoms with Crippen LogP contribution < -0.4 is 5.32 Å². The molecule has 1 nitrogen and oxygen atoms in total. The van der Waals surface area contributed by atoms with Crippen molar-refractivity contribution in [2.45, 2.75) is 46.6 Å². The first-order valence-corrected chi connectivity index (χ1v) is 6.59. The van der Waals surface area contributed by atoms with Gasteiger partial charge in [0.2, 0.25) is 0 Å². The lowest BCUT2D eigenvalue weighted by Gasteiger charge is -2.14. The van der Waals surface area contributed by atoms with Crippen LogP contribution in [-0.2, 0) is 13.0 Å². The van der Waals surface area contributed by atoms with Crippen molar-refractivity contribution in [3.05, 3.63) is 35.4 Å². The Kier molecular flexibility index (Phi) is 6.17. The summed E-state index contributed by atoms with van der Waals surface area (Å²) >= 11 is 0. The summed E-state index contributed by atoms with van der Waals surface area (Å²) < 4.78 is 0. The highest BCUT2D eigenvalue weighted by Crippen LogP contribution is 2.10. The average molecular weight is 219 g/mol. The topological polar surface area (TPSA) is 12.0 Å². The van der Waals surface area contributed by atoms with Crippen molar-refractivity contribution in [3.63, 3.8) is 0 Å². The van der Waals surface area contributed by atoms with Crippen LogP contribution in [0, 0.1) is 5.92 Å². The van der Waals surface area contributed by atoms with Crippen molar-refractivity contribution in [1.82, 2.24) is 5.32 Å². The molecule has 90 valence electrons. The highest BCUT2D eigenvalue weighted by molar-refractivity contribution is 5.26. The Morgan fingerprint density at radius 1 is 1.00 bits per heavy atom. The number of hydrogen-bond donors (Lipinski definition) is 1. The third-order valence-electron chi connectivity index (χ3n) is 3.40. The average Bonchev–Trinajstić information content (AvgIpc) is 2.35. The highest BCUT2D eigenvalue weighted by atomic mass is 14.9. The molecule has 0 aromatic heterocycles. The van der Waals surface area contributed by atoms with E-state index in [4.69, 9.17) is 0 Å². The van der Waals surface area contributed by atoms with E-state index in [-0.39, 0.29) is 0 Å². The molecular formula is C15H25N. The molecule has 0 bridgehead atoms. The second-order valence-corrected chi connectivity index (χ2v) is 4.44. The van der Waals surface area contributed by atoms with Crippen molar-refractivity contribution < 1.29 is 0 Å². The van der Waals surface area contributed by atoms with E-state index < -0.39 is 0 Å². The van der Waals surface area contributed by atoms with Crippen LogP contribution >= 0.6 is 0 Å². The molecule has 0 amide bonds.